The molecule has 1 aromatic carbocycles. The molecule has 3 rings (SSSR count). The van der Waals surface area contributed by atoms with Gasteiger partial charge in [-0.05, 0) is 37.3 Å². The number of benzene rings is 1. The van der Waals surface area contributed by atoms with Crippen molar-refractivity contribution in [3.8, 4) is 5.88 Å². The number of rotatable bonds is 4. The van der Waals surface area contributed by atoms with Crippen molar-refractivity contribution in [1.82, 2.24) is 4.98 Å². The summed E-state index contributed by atoms with van der Waals surface area (Å²) in [5.74, 6) is -0.939. The summed E-state index contributed by atoms with van der Waals surface area (Å²) in [6.45, 7) is 1.79. The summed E-state index contributed by atoms with van der Waals surface area (Å²) in [4.78, 5) is 16.0. The molecule has 0 unspecified atom stereocenters. The lowest BCUT2D eigenvalue weighted by molar-refractivity contribution is -0.137. The molecule has 134 valence electrons. The van der Waals surface area contributed by atoms with Gasteiger partial charge in [-0.1, -0.05) is 18.6 Å². The molecular formula is C18H18F3NO3. The fourth-order valence-corrected chi connectivity index (χ4v) is 3.11. The van der Waals surface area contributed by atoms with E-state index in [1.807, 2.05) is 0 Å². The van der Waals surface area contributed by atoms with Crippen LogP contribution in [0.15, 0.2) is 18.2 Å². The van der Waals surface area contributed by atoms with Crippen molar-refractivity contribution in [1.29, 1.82) is 0 Å². The molecule has 0 radical (unpaired) electrons. The lowest BCUT2D eigenvalue weighted by Gasteiger charge is -2.29. The lowest BCUT2D eigenvalue weighted by Crippen LogP contribution is -2.18. The normalized spacial score (nSPS) is 15.1. The summed E-state index contributed by atoms with van der Waals surface area (Å²) in [5, 5.41) is 0.235. The number of carbonyl (C=O) groups excluding carboxylic acids is 1. The van der Waals surface area contributed by atoms with E-state index in [9.17, 15) is 18.0 Å². The third kappa shape index (κ3) is 3.15. The summed E-state index contributed by atoms with van der Waals surface area (Å²) < 4.78 is 51.2. The van der Waals surface area contributed by atoms with E-state index >= 15 is 0 Å². The minimum atomic E-state index is -4.53. The van der Waals surface area contributed by atoms with Gasteiger partial charge in [-0.15, -0.1) is 0 Å². The van der Waals surface area contributed by atoms with Crippen LogP contribution in [0.25, 0.3) is 10.9 Å². The number of ether oxygens (including phenoxy) is 2. The zero-order valence-electron chi connectivity index (χ0n) is 13.9. The zero-order chi connectivity index (χ0) is 18.2. The molecule has 25 heavy (non-hydrogen) atoms. The van der Waals surface area contributed by atoms with E-state index in [1.165, 1.54) is 19.2 Å². The molecule has 1 aliphatic carbocycles. The van der Waals surface area contributed by atoms with Gasteiger partial charge < -0.3 is 9.47 Å². The van der Waals surface area contributed by atoms with Crippen molar-refractivity contribution in [2.24, 2.45) is 0 Å². The Labute approximate surface area is 142 Å². The molecule has 1 saturated carbocycles. The summed E-state index contributed by atoms with van der Waals surface area (Å²) >= 11 is 0. The molecule has 1 fully saturated rings. The number of hydrogen-bond acceptors (Lipinski definition) is 4. The molecule has 0 aliphatic heterocycles. The first-order valence-corrected chi connectivity index (χ1v) is 8.12. The average molecular weight is 353 g/mol. The Morgan fingerprint density at radius 2 is 2.04 bits per heavy atom. The summed E-state index contributed by atoms with van der Waals surface area (Å²) in [7, 11) is 1.26. The number of alkyl halides is 3. The Morgan fingerprint density at radius 1 is 1.32 bits per heavy atom. The third-order valence-corrected chi connectivity index (χ3v) is 4.50. The van der Waals surface area contributed by atoms with Gasteiger partial charge in [0.1, 0.15) is 5.56 Å². The first kappa shape index (κ1) is 17.5. The molecule has 0 saturated heterocycles. The Morgan fingerprint density at radius 3 is 2.56 bits per heavy atom. The molecule has 1 aliphatic rings. The second kappa shape index (κ2) is 6.54. The van der Waals surface area contributed by atoms with E-state index in [1.54, 1.807) is 13.0 Å². The smallest absolute Gasteiger partial charge is 0.418 e. The van der Waals surface area contributed by atoms with Gasteiger partial charge in [0.15, 0.2) is 0 Å². The van der Waals surface area contributed by atoms with Gasteiger partial charge in [-0.2, -0.15) is 13.2 Å². The highest BCUT2D eigenvalue weighted by molar-refractivity contribution is 5.97. The molecule has 0 atom stereocenters. The van der Waals surface area contributed by atoms with Crippen molar-refractivity contribution in [2.45, 2.75) is 38.3 Å². The Hall–Kier alpha value is -2.31. The van der Waals surface area contributed by atoms with Crippen molar-refractivity contribution >= 4 is 16.9 Å². The van der Waals surface area contributed by atoms with Crippen LogP contribution in [0.2, 0.25) is 0 Å². The molecule has 0 amide bonds. The highest BCUT2D eigenvalue weighted by atomic mass is 19.4. The van der Waals surface area contributed by atoms with Gasteiger partial charge >= 0.3 is 12.1 Å². The van der Waals surface area contributed by atoms with Gasteiger partial charge in [0.2, 0.25) is 5.88 Å². The van der Waals surface area contributed by atoms with Crippen LogP contribution in [0.1, 0.15) is 53.6 Å². The fourth-order valence-electron chi connectivity index (χ4n) is 3.11. The Balaban J connectivity index is 2.25. The van der Waals surface area contributed by atoms with Crippen LogP contribution >= 0.6 is 0 Å². The molecule has 0 spiro atoms. The first-order chi connectivity index (χ1) is 11.9. The van der Waals surface area contributed by atoms with E-state index in [-0.39, 0.29) is 40.4 Å². The number of fused-ring (bicyclic) bond motifs is 1. The highest BCUT2D eigenvalue weighted by Gasteiger charge is 2.39. The van der Waals surface area contributed by atoms with E-state index < -0.39 is 17.7 Å². The number of hydrogen-bond donors (Lipinski definition) is 0. The maximum Gasteiger partial charge on any atom is 0.418 e. The van der Waals surface area contributed by atoms with E-state index in [4.69, 9.17) is 9.47 Å². The van der Waals surface area contributed by atoms with Crippen LogP contribution in [-0.2, 0) is 10.9 Å². The maximum atomic E-state index is 13.7. The molecule has 1 aromatic heterocycles. The van der Waals surface area contributed by atoms with Crippen LogP contribution < -0.4 is 4.74 Å². The van der Waals surface area contributed by atoms with Gasteiger partial charge in [0, 0.05) is 5.39 Å². The predicted octanol–water partition coefficient (Wildman–Crippen LogP) is 4.71. The van der Waals surface area contributed by atoms with Crippen LogP contribution in [0.3, 0.4) is 0 Å². The molecule has 4 nitrogen and oxygen atoms in total. The van der Waals surface area contributed by atoms with Crippen molar-refractivity contribution in [2.75, 3.05) is 13.7 Å². The molecule has 2 aromatic rings. The number of halogens is 3. The predicted molar refractivity (Wildman–Crippen MR) is 85.8 cm³/mol. The summed E-state index contributed by atoms with van der Waals surface area (Å²) in [5.41, 5.74) is -0.642. The topological polar surface area (TPSA) is 48.4 Å². The molecule has 0 bridgehead atoms. The molecule has 1 heterocycles. The van der Waals surface area contributed by atoms with Crippen LogP contribution in [0, 0.1) is 0 Å². The van der Waals surface area contributed by atoms with Crippen LogP contribution in [-0.4, -0.2) is 24.7 Å². The van der Waals surface area contributed by atoms with Gasteiger partial charge in [0.25, 0.3) is 0 Å². The summed E-state index contributed by atoms with van der Waals surface area (Å²) in [6, 6.07) is 4.42. The van der Waals surface area contributed by atoms with E-state index in [2.05, 4.69) is 4.98 Å². The fraction of sp³-hybridized carbons (Fsp3) is 0.444. The second-order valence-electron chi connectivity index (χ2n) is 5.99. The lowest BCUT2D eigenvalue weighted by atomic mass is 9.77. The second-order valence-corrected chi connectivity index (χ2v) is 5.99. The highest BCUT2D eigenvalue weighted by Crippen LogP contribution is 2.45. The van der Waals surface area contributed by atoms with Gasteiger partial charge in [-0.25, -0.2) is 9.78 Å². The minimum absolute atomic E-state index is 0.0152. The third-order valence-electron chi connectivity index (χ3n) is 4.50. The zero-order valence-corrected chi connectivity index (χ0v) is 13.9. The van der Waals surface area contributed by atoms with Gasteiger partial charge in [-0.3, -0.25) is 0 Å². The number of methoxy groups -OCH3 is 1. The standard InChI is InChI=1S/C18H18F3NO3/c1-3-25-17(23)13-9-11-7-8-12(10-5-4-6-10)14(18(19,20)21)15(11)22-16(13)24-2/h7-10H,3-6H2,1-2H3. The Kier molecular flexibility index (Phi) is 4.58. The SMILES string of the molecule is CCOC(=O)c1cc2ccc(C3CCC3)c(C(F)(F)F)c2nc1OC. The largest absolute Gasteiger partial charge is 0.480 e. The maximum absolute atomic E-state index is 13.7. The monoisotopic (exact) mass is 353 g/mol. The van der Waals surface area contributed by atoms with E-state index in [0.717, 1.165) is 19.3 Å². The van der Waals surface area contributed by atoms with Crippen molar-refractivity contribution < 1.29 is 27.4 Å². The molecule has 0 N–H and O–H groups in total. The first-order valence-electron chi connectivity index (χ1n) is 8.12. The number of esters is 1. The van der Waals surface area contributed by atoms with Crippen LogP contribution in [0.4, 0.5) is 13.2 Å². The van der Waals surface area contributed by atoms with Crippen molar-refractivity contribution in [3.05, 3.63) is 34.9 Å². The quantitative estimate of drug-likeness (QED) is 0.747. The van der Waals surface area contributed by atoms with Crippen molar-refractivity contribution in [3.63, 3.8) is 0 Å². The summed E-state index contributed by atoms with van der Waals surface area (Å²) in [6.07, 6.45) is -2.12. The Bertz CT molecular complexity index is 813. The molecule has 7 heteroatoms. The van der Waals surface area contributed by atoms with Gasteiger partial charge in [0.05, 0.1) is 24.8 Å². The number of carbonyl (C=O) groups is 1. The molecular weight excluding hydrogens is 335 g/mol. The van der Waals surface area contributed by atoms with Crippen LogP contribution in [0.5, 0.6) is 5.88 Å². The average Bonchev–Trinajstić information content (AvgIpc) is 2.50. The minimum Gasteiger partial charge on any atom is -0.480 e. The number of pyridine rings is 1. The number of aromatic nitrogens is 1. The number of nitrogens with zero attached hydrogens (tertiary/aromatic N) is 1. The van der Waals surface area contributed by atoms with E-state index in [0.29, 0.717) is 0 Å².